The maximum Gasteiger partial charge on any atom is 0.317 e. The van der Waals surface area contributed by atoms with E-state index in [0.717, 1.165) is 17.9 Å². The molecule has 0 saturated heterocycles. The molecule has 0 radical (unpaired) electrons. The number of nitrogens with one attached hydrogen (secondary N) is 1. The first kappa shape index (κ1) is 14.4. The number of aromatic nitrogens is 1. The lowest BCUT2D eigenvalue weighted by molar-refractivity contribution is 0.191. The van der Waals surface area contributed by atoms with Gasteiger partial charge in [0.25, 0.3) is 0 Å². The van der Waals surface area contributed by atoms with E-state index in [4.69, 9.17) is 4.74 Å². The largest absolute Gasteiger partial charge is 0.488 e. The highest BCUT2D eigenvalue weighted by molar-refractivity contribution is 5.73. The number of carbonyl (C=O) groups is 1. The second-order valence-electron chi connectivity index (χ2n) is 5.41. The molecule has 22 heavy (non-hydrogen) atoms. The maximum atomic E-state index is 12.1. The van der Waals surface area contributed by atoms with Crippen LogP contribution in [-0.4, -0.2) is 35.6 Å². The highest BCUT2D eigenvalue weighted by Gasteiger charge is 2.23. The molecule has 1 aromatic heterocycles. The van der Waals surface area contributed by atoms with Gasteiger partial charge in [-0.3, -0.25) is 4.98 Å². The Kier molecular flexibility index (Phi) is 4.23. The minimum absolute atomic E-state index is 0.00426. The Morgan fingerprint density at radius 2 is 2.14 bits per heavy atom. The first-order valence-corrected chi connectivity index (χ1v) is 7.36. The van der Waals surface area contributed by atoms with Crippen LogP contribution in [0.15, 0.2) is 48.7 Å². The van der Waals surface area contributed by atoms with Crippen LogP contribution in [0.25, 0.3) is 0 Å². The van der Waals surface area contributed by atoms with Crippen molar-refractivity contribution in [3.8, 4) is 5.75 Å². The molecule has 1 N–H and O–H groups in total. The van der Waals surface area contributed by atoms with Crippen molar-refractivity contribution in [3.63, 3.8) is 0 Å². The molecule has 2 heterocycles. The fraction of sp³-hybridized carbons (Fsp3) is 0.294. The Labute approximate surface area is 129 Å². The highest BCUT2D eigenvalue weighted by atomic mass is 16.5. The quantitative estimate of drug-likeness (QED) is 0.941. The lowest BCUT2D eigenvalue weighted by atomic mass is 10.1. The van der Waals surface area contributed by atoms with Gasteiger partial charge in [-0.2, -0.15) is 0 Å². The van der Waals surface area contributed by atoms with Gasteiger partial charge in [0.1, 0.15) is 11.9 Å². The molecular formula is C17H19N3O2. The van der Waals surface area contributed by atoms with Crippen molar-refractivity contribution in [1.29, 1.82) is 0 Å². The summed E-state index contributed by atoms with van der Waals surface area (Å²) in [5.74, 6) is 0.920. The number of para-hydroxylation sites is 1. The smallest absolute Gasteiger partial charge is 0.317 e. The van der Waals surface area contributed by atoms with E-state index in [1.165, 1.54) is 5.56 Å². The average Bonchev–Trinajstić information content (AvgIpc) is 2.96. The normalized spacial score (nSPS) is 15.8. The summed E-state index contributed by atoms with van der Waals surface area (Å²) in [6.45, 7) is 0.985. The number of hydrogen-bond donors (Lipinski definition) is 1. The molecule has 1 aliphatic heterocycles. The standard InChI is InChI=1S/C17H19N3O2/c1-20(12-14-7-4-5-9-18-14)17(21)19-11-15-10-13-6-2-3-8-16(13)22-15/h2-9,15H,10-12H2,1H3,(H,19,21). The van der Waals surface area contributed by atoms with E-state index >= 15 is 0 Å². The third-order valence-corrected chi connectivity index (χ3v) is 3.67. The molecule has 1 aliphatic rings. The zero-order valence-electron chi connectivity index (χ0n) is 12.5. The van der Waals surface area contributed by atoms with Crippen LogP contribution in [0, 0.1) is 0 Å². The van der Waals surface area contributed by atoms with Crippen LogP contribution in [0.2, 0.25) is 0 Å². The van der Waals surface area contributed by atoms with Gasteiger partial charge in [0.15, 0.2) is 0 Å². The lowest BCUT2D eigenvalue weighted by Crippen LogP contribution is -2.41. The van der Waals surface area contributed by atoms with Crippen molar-refractivity contribution in [1.82, 2.24) is 15.2 Å². The molecular weight excluding hydrogens is 278 g/mol. The summed E-state index contributed by atoms with van der Waals surface area (Å²) in [4.78, 5) is 17.9. The first-order valence-electron chi connectivity index (χ1n) is 7.36. The minimum atomic E-state index is -0.120. The number of pyridine rings is 1. The van der Waals surface area contributed by atoms with E-state index in [2.05, 4.69) is 16.4 Å². The summed E-state index contributed by atoms with van der Waals surface area (Å²) in [6, 6.07) is 13.5. The van der Waals surface area contributed by atoms with Crippen molar-refractivity contribution in [3.05, 3.63) is 59.9 Å². The van der Waals surface area contributed by atoms with Crippen LogP contribution < -0.4 is 10.1 Å². The summed E-state index contributed by atoms with van der Waals surface area (Å²) in [7, 11) is 1.76. The van der Waals surface area contributed by atoms with E-state index < -0.39 is 0 Å². The Bertz CT molecular complexity index is 620. The number of hydrogen-bond acceptors (Lipinski definition) is 3. The van der Waals surface area contributed by atoms with E-state index in [1.54, 1.807) is 18.1 Å². The van der Waals surface area contributed by atoms with Crippen LogP contribution in [0.5, 0.6) is 5.75 Å². The molecule has 0 saturated carbocycles. The van der Waals surface area contributed by atoms with E-state index in [1.807, 2.05) is 36.4 Å². The number of carbonyl (C=O) groups excluding carboxylic acids is 1. The molecule has 3 rings (SSSR count). The predicted octanol–water partition coefficient (Wildman–Crippen LogP) is 2.23. The van der Waals surface area contributed by atoms with Crippen molar-refractivity contribution >= 4 is 6.03 Å². The zero-order valence-corrected chi connectivity index (χ0v) is 12.5. The van der Waals surface area contributed by atoms with E-state index in [0.29, 0.717) is 13.1 Å². The molecule has 1 unspecified atom stereocenters. The van der Waals surface area contributed by atoms with Crippen LogP contribution in [0.1, 0.15) is 11.3 Å². The Hall–Kier alpha value is -2.56. The molecule has 1 atom stereocenters. The minimum Gasteiger partial charge on any atom is -0.488 e. The molecule has 5 nitrogen and oxygen atoms in total. The predicted molar refractivity (Wildman–Crippen MR) is 83.7 cm³/mol. The van der Waals surface area contributed by atoms with Gasteiger partial charge in [-0.25, -0.2) is 4.79 Å². The maximum absolute atomic E-state index is 12.1. The Morgan fingerprint density at radius 3 is 2.91 bits per heavy atom. The molecule has 0 bridgehead atoms. The SMILES string of the molecule is CN(Cc1ccccn1)C(=O)NCC1Cc2ccccc2O1. The van der Waals surface area contributed by atoms with Gasteiger partial charge in [0.2, 0.25) is 0 Å². The van der Waals surface area contributed by atoms with E-state index in [-0.39, 0.29) is 12.1 Å². The Morgan fingerprint density at radius 1 is 1.32 bits per heavy atom. The highest BCUT2D eigenvalue weighted by Crippen LogP contribution is 2.27. The molecule has 2 amide bonds. The van der Waals surface area contributed by atoms with Gasteiger partial charge >= 0.3 is 6.03 Å². The molecule has 1 aromatic carbocycles. The number of urea groups is 1. The van der Waals surface area contributed by atoms with Crippen LogP contribution in [0.3, 0.4) is 0 Å². The molecule has 0 aliphatic carbocycles. The van der Waals surface area contributed by atoms with Crippen LogP contribution >= 0.6 is 0 Å². The van der Waals surface area contributed by atoms with Gasteiger partial charge in [-0.15, -0.1) is 0 Å². The topological polar surface area (TPSA) is 54.5 Å². The van der Waals surface area contributed by atoms with Gasteiger partial charge < -0.3 is 15.0 Å². The summed E-state index contributed by atoms with van der Waals surface area (Å²) >= 11 is 0. The van der Waals surface area contributed by atoms with Crippen molar-refractivity contribution in [2.75, 3.05) is 13.6 Å². The van der Waals surface area contributed by atoms with Gasteiger partial charge in [0.05, 0.1) is 18.8 Å². The number of fused-ring (bicyclic) bond motifs is 1. The van der Waals surface area contributed by atoms with Crippen molar-refractivity contribution in [2.24, 2.45) is 0 Å². The molecule has 2 aromatic rings. The fourth-order valence-electron chi connectivity index (χ4n) is 2.51. The number of ether oxygens (including phenoxy) is 1. The molecule has 0 fully saturated rings. The summed E-state index contributed by atoms with van der Waals surface area (Å²) < 4.78 is 5.81. The second-order valence-corrected chi connectivity index (χ2v) is 5.41. The van der Waals surface area contributed by atoms with Crippen LogP contribution in [0.4, 0.5) is 4.79 Å². The molecule has 0 spiro atoms. The molecule has 5 heteroatoms. The summed E-state index contributed by atoms with van der Waals surface area (Å²) in [6.07, 6.45) is 2.56. The number of rotatable bonds is 4. The molecule has 114 valence electrons. The van der Waals surface area contributed by atoms with Crippen molar-refractivity contribution < 1.29 is 9.53 Å². The summed E-state index contributed by atoms with van der Waals surface area (Å²) in [5.41, 5.74) is 2.06. The number of benzene rings is 1. The zero-order chi connectivity index (χ0) is 15.4. The Balaban J connectivity index is 1.47. The first-order chi connectivity index (χ1) is 10.7. The monoisotopic (exact) mass is 297 g/mol. The van der Waals surface area contributed by atoms with E-state index in [9.17, 15) is 4.79 Å². The number of amides is 2. The number of nitrogens with zero attached hydrogens (tertiary/aromatic N) is 2. The van der Waals surface area contributed by atoms with Gasteiger partial charge in [-0.05, 0) is 23.8 Å². The lowest BCUT2D eigenvalue weighted by Gasteiger charge is -2.19. The average molecular weight is 297 g/mol. The van der Waals surface area contributed by atoms with Crippen molar-refractivity contribution in [2.45, 2.75) is 19.1 Å². The van der Waals surface area contributed by atoms with Crippen LogP contribution in [-0.2, 0) is 13.0 Å². The second kappa shape index (κ2) is 6.47. The third-order valence-electron chi connectivity index (χ3n) is 3.67. The third kappa shape index (κ3) is 3.36. The fourth-order valence-corrected chi connectivity index (χ4v) is 2.51. The van der Waals surface area contributed by atoms with Gasteiger partial charge in [-0.1, -0.05) is 24.3 Å². The van der Waals surface area contributed by atoms with Gasteiger partial charge in [0, 0.05) is 19.7 Å². The summed E-state index contributed by atoms with van der Waals surface area (Å²) in [5, 5.41) is 2.91.